The Hall–Kier alpha value is -1.14. The number of nitrogens with one attached hydrogen (secondary N) is 1. The normalized spacial score (nSPS) is 28.2. The van der Waals surface area contributed by atoms with Crippen molar-refractivity contribution in [3.63, 3.8) is 0 Å². The average Bonchev–Trinajstić information content (AvgIpc) is 2.86. The summed E-state index contributed by atoms with van der Waals surface area (Å²) in [7, 11) is -3.66. The molecule has 2 aliphatic rings. The van der Waals surface area contributed by atoms with Crippen molar-refractivity contribution in [3.8, 4) is 0 Å². The Labute approximate surface area is 112 Å². The van der Waals surface area contributed by atoms with Crippen molar-refractivity contribution in [2.24, 2.45) is 5.92 Å². The quantitative estimate of drug-likeness (QED) is 0.889. The Balaban J connectivity index is 2.00. The highest BCUT2D eigenvalue weighted by Gasteiger charge is 2.41. The van der Waals surface area contributed by atoms with E-state index in [4.69, 9.17) is 0 Å². The zero-order valence-corrected chi connectivity index (χ0v) is 11.5. The molecule has 1 aliphatic heterocycles. The molecular formula is C13H18N2O3S. The van der Waals surface area contributed by atoms with E-state index in [-0.39, 0.29) is 10.9 Å². The molecule has 19 heavy (non-hydrogen) atoms. The smallest absolute Gasteiger partial charge is 0.248 e. The second-order valence-electron chi connectivity index (χ2n) is 5.39. The van der Waals surface area contributed by atoms with Gasteiger partial charge in [0.05, 0.1) is 0 Å². The van der Waals surface area contributed by atoms with Crippen LogP contribution in [0.5, 0.6) is 0 Å². The topological polar surface area (TPSA) is 70.2 Å². The lowest BCUT2D eigenvalue weighted by Crippen LogP contribution is -2.47. The van der Waals surface area contributed by atoms with E-state index in [1.54, 1.807) is 4.31 Å². The van der Waals surface area contributed by atoms with Crippen molar-refractivity contribution in [1.29, 1.82) is 0 Å². The van der Waals surface area contributed by atoms with E-state index in [1.165, 1.54) is 18.5 Å². The molecule has 5 nitrogen and oxygen atoms in total. The molecule has 2 fully saturated rings. The highest BCUT2D eigenvalue weighted by atomic mass is 32.2. The number of rotatable bonds is 2. The molecule has 1 aliphatic carbocycles. The first-order valence-corrected chi connectivity index (χ1v) is 8.23. The molecule has 0 radical (unpaired) electrons. The molecule has 1 N–H and O–H groups in total. The third-order valence-electron chi connectivity index (χ3n) is 4.32. The Morgan fingerprint density at radius 2 is 2.00 bits per heavy atom. The van der Waals surface area contributed by atoms with E-state index in [1.807, 2.05) is 0 Å². The van der Waals surface area contributed by atoms with Gasteiger partial charge in [0.2, 0.25) is 15.5 Å². The van der Waals surface area contributed by atoms with Gasteiger partial charge < -0.3 is 4.98 Å². The fraction of sp³-hybridized carbons (Fsp3) is 0.615. The van der Waals surface area contributed by atoms with Crippen LogP contribution < -0.4 is 5.43 Å². The zero-order valence-electron chi connectivity index (χ0n) is 10.7. The van der Waals surface area contributed by atoms with Crippen LogP contribution in [0, 0.1) is 5.92 Å². The summed E-state index contributed by atoms with van der Waals surface area (Å²) in [5.41, 5.74) is -0.432. The van der Waals surface area contributed by atoms with Gasteiger partial charge in [0.15, 0.2) is 0 Å². The van der Waals surface area contributed by atoms with E-state index in [0.717, 1.165) is 32.1 Å². The van der Waals surface area contributed by atoms with Crippen LogP contribution in [0.2, 0.25) is 0 Å². The maximum atomic E-state index is 12.7. The summed E-state index contributed by atoms with van der Waals surface area (Å²) in [6.07, 6.45) is 7.89. The van der Waals surface area contributed by atoms with E-state index in [0.29, 0.717) is 12.5 Å². The number of nitrogens with zero attached hydrogens (tertiary/aromatic N) is 1. The monoisotopic (exact) mass is 282 g/mol. The van der Waals surface area contributed by atoms with Crippen molar-refractivity contribution >= 4 is 10.0 Å². The van der Waals surface area contributed by atoms with E-state index in [2.05, 4.69) is 4.98 Å². The van der Waals surface area contributed by atoms with Crippen LogP contribution in [-0.2, 0) is 10.0 Å². The average molecular weight is 282 g/mol. The van der Waals surface area contributed by atoms with Gasteiger partial charge in [-0.15, -0.1) is 0 Å². The van der Waals surface area contributed by atoms with Crippen LogP contribution in [-0.4, -0.2) is 30.3 Å². The first-order chi connectivity index (χ1) is 9.10. The summed E-state index contributed by atoms with van der Waals surface area (Å²) in [6.45, 7) is 0.540. The summed E-state index contributed by atoms with van der Waals surface area (Å²) in [4.78, 5) is 14.4. The van der Waals surface area contributed by atoms with Gasteiger partial charge in [-0.3, -0.25) is 4.79 Å². The molecule has 2 heterocycles. The van der Waals surface area contributed by atoms with Gasteiger partial charge in [0, 0.05) is 31.0 Å². The molecule has 1 saturated heterocycles. The number of aromatic nitrogens is 1. The molecule has 0 spiro atoms. The molecule has 0 bridgehead atoms. The molecular weight excluding hydrogens is 264 g/mol. The minimum Gasteiger partial charge on any atom is -0.366 e. The predicted octanol–water partition coefficient (Wildman–Crippen LogP) is 1.33. The second-order valence-corrected chi connectivity index (χ2v) is 7.25. The lowest BCUT2D eigenvalue weighted by Gasteiger charge is -2.36. The highest BCUT2D eigenvalue weighted by molar-refractivity contribution is 7.89. The van der Waals surface area contributed by atoms with Gasteiger partial charge in [-0.25, -0.2) is 8.42 Å². The lowest BCUT2D eigenvalue weighted by molar-refractivity contribution is 0.202. The maximum absolute atomic E-state index is 12.7. The number of piperidine rings is 1. The van der Waals surface area contributed by atoms with Crippen molar-refractivity contribution in [2.75, 3.05) is 6.54 Å². The Morgan fingerprint density at radius 1 is 1.21 bits per heavy atom. The number of aromatic amines is 1. The zero-order chi connectivity index (χ0) is 13.5. The Morgan fingerprint density at radius 3 is 2.79 bits per heavy atom. The fourth-order valence-corrected chi connectivity index (χ4v) is 5.23. The van der Waals surface area contributed by atoms with E-state index in [9.17, 15) is 13.2 Å². The standard InChI is InChI=1S/C13H18N2O3S/c16-12-6-7-14-9-13(12)19(17,18)15-8-2-4-10-3-1-5-11(10)15/h6-7,9-11H,1-5,8H2,(H,14,16). The summed E-state index contributed by atoms with van der Waals surface area (Å²) >= 11 is 0. The summed E-state index contributed by atoms with van der Waals surface area (Å²) in [5, 5.41) is 0. The van der Waals surface area contributed by atoms with Crippen molar-refractivity contribution in [2.45, 2.75) is 43.0 Å². The predicted molar refractivity (Wildman–Crippen MR) is 71.3 cm³/mol. The van der Waals surface area contributed by atoms with Crippen LogP contribution in [0.4, 0.5) is 0 Å². The van der Waals surface area contributed by atoms with Crippen LogP contribution in [0.15, 0.2) is 28.2 Å². The van der Waals surface area contributed by atoms with Crippen LogP contribution in [0.1, 0.15) is 32.1 Å². The number of pyridine rings is 1. The molecule has 1 aromatic rings. The first kappa shape index (κ1) is 12.9. The Bertz CT molecular complexity index is 623. The summed E-state index contributed by atoms with van der Waals surface area (Å²) in [5.74, 6) is 0.478. The SMILES string of the molecule is O=c1cc[nH]cc1S(=O)(=O)N1CCCC2CCCC21. The molecule has 2 atom stereocenters. The molecule has 104 valence electrons. The van der Waals surface area contributed by atoms with Crippen LogP contribution >= 0.6 is 0 Å². The summed E-state index contributed by atoms with van der Waals surface area (Å²) in [6, 6.07) is 1.36. The maximum Gasteiger partial charge on any atom is 0.248 e. The number of hydrogen-bond donors (Lipinski definition) is 1. The van der Waals surface area contributed by atoms with E-state index < -0.39 is 15.5 Å². The third kappa shape index (κ3) is 2.12. The highest BCUT2D eigenvalue weighted by Crippen LogP contribution is 2.38. The number of sulfonamides is 1. The molecule has 2 unspecified atom stereocenters. The summed E-state index contributed by atoms with van der Waals surface area (Å²) < 4.78 is 26.9. The van der Waals surface area contributed by atoms with Gasteiger partial charge in [-0.1, -0.05) is 6.42 Å². The first-order valence-electron chi connectivity index (χ1n) is 6.79. The minimum absolute atomic E-state index is 0.0957. The third-order valence-corrected chi connectivity index (χ3v) is 6.26. The second kappa shape index (κ2) is 4.76. The van der Waals surface area contributed by atoms with Crippen molar-refractivity contribution in [3.05, 3.63) is 28.7 Å². The molecule has 1 saturated carbocycles. The van der Waals surface area contributed by atoms with Gasteiger partial charge >= 0.3 is 0 Å². The van der Waals surface area contributed by atoms with Gasteiger partial charge in [-0.2, -0.15) is 4.31 Å². The molecule has 6 heteroatoms. The van der Waals surface area contributed by atoms with Gasteiger partial charge in [0.25, 0.3) is 0 Å². The number of hydrogen-bond acceptors (Lipinski definition) is 3. The van der Waals surface area contributed by atoms with Crippen LogP contribution in [0.25, 0.3) is 0 Å². The fourth-order valence-electron chi connectivity index (χ4n) is 3.44. The minimum atomic E-state index is -3.66. The van der Waals surface area contributed by atoms with Crippen molar-refractivity contribution < 1.29 is 8.42 Å². The largest absolute Gasteiger partial charge is 0.366 e. The molecule has 0 amide bonds. The van der Waals surface area contributed by atoms with Gasteiger partial charge in [-0.05, 0) is 31.6 Å². The lowest BCUT2D eigenvalue weighted by atomic mass is 9.94. The van der Waals surface area contributed by atoms with Gasteiger partial charge in [0.1, 0.15) is 4.90 Å². The number of H-pyrrole nitrogens is 1. The van der Waals surface area contributed by atoms with E-state index >= 15 is 0 Å². The molecule has 1 aromatic heterocycles. The molecule has 0 aromatic carbocycles. The van der Waals surface area contributed by atoms with Crippen LogP contribution in [0.3, 0.4) is 0 Å². The van der Waals surface area contributed by atoms with Crippen molar-refractivity contribution in [1.82, 2.24) is 9.29 Å². The number of fused-ring (bicyclic) bond motifs is 1. The Kier molecular flexibility index (Phi) is 3.22. The molecule has 3 rings (SSSR count).